The van der Waals surface area contributed by atoms with Crippen LogP contribution in [0.5, 0.6) is 11.5 Å². The van der Waals surface area contributed by atoms with Gasteiger partial charge in [-0.05, 0) is 41.8 Å². The molecule has 0 spiro atoms. The Labute approximate surface area is 346 Å². The van der Waals surface area contributed by atoms with Crippen molar-refractivity contribution in [2.45, 2.75) is 34.8 Å². The number of ether oxygens (including phenoxy) is 1. The first-order valence-electron chi connectivity index (χ1n) is 17.3. The molecule has 4 heterocycles. The lowest BCUT2D eigenvalue weighted by Gasteiger charge is -2.50. The number of nitrogens with two attached hydrogens (primary N) is 1. The molecule has 5 aromatic rings. The number of hydrazine groups is 1. The zero-order valence-electron chi connectivity index (χ0n) is 30.1. The smallest absolute Gasteiger partial charge is 0.356 e. The lowest BCUT2D eigenvalue weighted by Crippen LogP contribution is -2.71. The third kappa shape index (κ3) is 8.86. The molecule has 3 atom stereocenters. The number of amides is 5. The molecule has 3 aromatic carbocycles. The van der Waals surface area contributed by atoms with E-state index in [0.29, 0.717) is 21.4 Å². The Morgan fingerprint density at radius 3 is 2.31 bits per heavy atom. The van der Waals surface area contributed by atoms with Crippen LogP contribution in [-0.2, 0) is 19.1 Å². The third-order valence-corrected chi connectivity index (χ3v) is 12.8. The summed E-state index contributed by atoms with van der Waals surface area (Å²) in [5, 5.41) is 34.3. The van der Waals surface area contributed by atoms with Gasteiger partial charge in [-0.25, -0.2) is 20.0 Å². The van der Waals surface area contributed by atoms with Crippen LogP contribution in [0, 0.1) is 6.92 Å². The van der Waals surface area contributed by atoms with Crippen molar-refractivity contribution in [1.82, 2.24) is 41.6 Å². The Hall–Kier alpha value is -6.16. The van der Waals surface area contributed by atoms with Crippen molar-refractivity contribution in [1.29, 1.82) is 0 Å². The van der Waals surface area contributed by atoms with Crippen LogP contribution in [0.25, 0.3) is 0 Å². The number of esters is 1. The number of aryl methyl sites for hydroxylation is 1. The van der Waals surface area contributed by atoms with E-state index < -0.39 is 64.8 Å². The molecule has 1 saturated heterocycles. The molecule has 2 aliphatic heterocycles. The summed E-state index contributed by atoms with van der Waals surface area (Å²) in [6.45, 7) is 1.84. The van der Waals surface area contributed by atoms with Crippen LogP contribution in [-0.4, -0.2) is 82.9 Å². The quantitative estimate of drug-likeness (QED) is 0.0310. The molecular weight excluding hydrogens is 827 g/mol. The number of nitrogens with zero attached hydrogens (tertiary/aromatic N) is 4. The number of hydrogen-bond acceptors (Lipinski definition) is 16. The Kier molecular flexibility index (Phi) is 12.1. The molecule has 0 saturated carbocycles. The predicted molar refractivity (Wildman–Crippen MR) is 216 cm³/mol. The average Bonchev–Trinajstić information content (AvgIpc) is 3.87. The van der Waals surface area contributed by atoms with Crippen LogP contribution in [0.3, 0.4) is 0 Å². The number of nitrogens with one attached hydrogen (secondary N) is 4. The monoisotopic (exact) mass is 859 g/mol. The fraction of sp³-hybridized carbons (Fsp3) is 0.189. The van der Waals surface area contributed by atoms with Crippen molar-refractivity contribution in [3.05, 3.63) is 123 Å². The Bertz CT molecular complexity index is 2360. The number of β-lactam (4-membered cyclic amide) rings is 1. The standard InChI is InChI=1S/C37H33N9O8S4/c1-18-42-45-37(58-18)57-16-22-15-55-33-27(32(51)46(33)28(22)34(52)54-29(19-8-4-2-5-9-19)20-10-6-3-7-11-20)40-31(50)26(23-17-56-35(38)39-23)41-36(53)44-43-30(49)21-12-13-24(47)25(48)14-21/h2-14,17,26-27,29,33,47-48H,15-16H2,1H3,(H2,38,39)(H,40,50)(H,43,49)(H2,41,44,53)/t26?,27?,33-/m1/s1. The lowest BCUT2D eigenvalue weighted by molar-refractivity contribution is -0.154. The number of rotatable bonds is 12. The fourth-order valence-electron chi connectivity index (χ4n) is 5.98. The number of hydrogen-bond donors (Lipinski definition) is 7. The topological polar surface area (TPSA) is 251 Å². The number of thiazole rings is 1. The second-order valence-corrected chi connectivity index (χ2v) is 17.0. The maximum absolute atomic E-state index is 14.4. The summed E-state index contributed by atoms with van der Waals surface area (Å²) in [4.78, 5) is 73.3. The molecule has 2 aromatic heterocycles. The second-order valence-electron chi connectivity index (χ2n) is 12.6. The minimum Gasteiger partial charge on any atom is -0.504 e. The SMILES string of the molecule is Cc1nnc(SCC2=C(C(=O)OC(c3ccccc3)c3ccccc3)N3C(=O)C(NC(=O)C(NC(=O)NNC(=O)c4ccc(O)c(O)c4)c4csc(N)n4)[C@H]3SC2)s1. The first-order valence-corrected chi connectivity index (χ1v) is 21.0. The highest BCUT2D eigenvalue weighted by Crippen LogP contribution is 2.43. The van der Waals surface area contributed by atoms with E-state index in [0.717, 1.165) is 39.6 Å². The van der Waals surface area contributed by atoms with Crippen LogP contribution in [0.15, 0.2) is 99.9 Å². The van der Waals surface area contributed by atoms with Gasteiger partial charge in [-0.2, -0.15) is 0 Å². The van der Waals surface area contributed by atoms with Crippen molar-refractivity contribution in [3.8, 4) is 11.5 Å². The van der Waals surface area contributed by atoms with Crippen LogP contribution >= 0.6 is 46.2 Å². The van der Waals surface area contributed by atoms with Crippen LogP contribution in [0.4, 0.5) is 9.93 Å². The fourth-order valence-corrected chi connectivity index (χ4v) is 9.87. The molecule has 2 unspecified atom stereocenters. The number of aromatic hydroxyl groups is 2. The molecule has 0 bridgehead atoms. The number of carbonyl (C=O) groups is 5. The Morgan fingerprint density at radius 1 is 0.983 bits per heavy atom. The van der Waals surface area contributed by atoms with Gasteiger partial charge >= 0.3 is 12.0 Å². The minimum absolute atomic E-state index is 0.0631. The summed E-state index contributed by atoms with van der Waals surface area (Å²) >= 11 is 5.16. The summed E-state index contributed by atoms with van der Waals surface area (Å²) in [5.74, 6) is -3.29. The number of nitrogen functional groups attached to an aromatic ring is 1. The summed E-state index contributed by atoms with van der Waals surface area (Å²) in [6.07, 6.45) is -0.788. The zero-order valence-corrected chi connectivity index (χ0v) is 33.4. The average molecular weight is 860 g/mol. The molecule has 17 nitrogen and oxygen atoms in total. The molecule has 0 aliphatic carbocycles. The third-order valence-electron chi connectivity index (χ3n) is 8.75. The van der Waals surface area contributed by atoms with Gasteiger partial charge in [-0.15, -0.1) is 33.3 Å². The second kappa shape index (κ2) is 17.5. The number of anilines is 1. The van der Waals surface area contributed by atoms with Gasteiger partial charge in [0.1, 0.15) is 22.1 Å². The van der Waals surface area contributed by atoms with Crippen LogP contribution < -0.4 is 27.2 Å². The highest BCUT2D eigenvalue weighted by molar-refractivity contribution is 8.01. The van der Waals surface area contributed by atoms with E-state index in [1.807, 2.05) is 67.6 Å². The molecule has 0 radical (unpaired) electrons. The number of thioether (sulfide) groups is 2. The largest absolute Gasteiger partial charge is 0.504 e. The molecule has 7 rings (SSSR count). The number of phenols is 2. The van der Waals surface area contributed by atoms with E-state index in [1.165, 1.54) is 51.2 Å². The molecule has 298 valence electrons. The molecule has 5 amide bonds. The molecule has 8 N–H and O–H groups in total. The van der Waals surface area contributed by atoms with E-state index >= 15 is 0 Å². The van der Waals surface area contributed by atoms with Crippen molar-refractivity contribution in [2.75, 3.05) is 17.2 Å². The van der Waals surface area contributed by atoms with Gasteiger partial charge in [-0.3, -0.25) is 24.7 Å². The minimum atomic E-state index is -1.47. The first kappa shape index (κ1) is 40.1. The number of benzene rings is 3. The normalized spacial score (nSPS) is 16.5. The van der Waals surface area contributed by atoms with Gasteiger partial charge in [0, 0.05) is 22.4 Å². The Morgan fingerprint density at radius 2 is 1.69 bits per heavy atom. The van der Waals surface area contributed by atoms with Crippen LogP contribution in [0.2, 0.25) is 0 Å². The van der Waals surface area contributed by atoms with Crippen molar-refractivity contribution >= 4 is 81.1 Å². The molecular formula is C37H33N9O8S4. The van der Waals surface area contributed by atoms with E-state index in [2.05, 4.69) is 36.7 Å². The van der Waals surface area contributed by atoms with Gasteiger partial charge in [0.25, 0.3) is 11.8 Å². The van der Waals surface area contributed by atoms with Gasteiger partial charge in [-0.1, -0.05) is 83.8 Å². The van der Waals surface area contributed by atoms with E-state index in [-0.39, 0.29) is 22.1 Å². The van der Waals surface area contributed by atoms with E-state index in [9.17, 15) is 34.2 Å². The summed E-state index contributed by atoms with van der Waals surface area (Å²) in [5.41, 5.74) is 12.3. The van der Waals surface area contributed by atoms with Gasteiger partial charge in [0.15, 0.2) is 33.1 Å². The lowest BCUT2D eigenvalue weighted by atomic mass is 10.0. The van der Waals surface area contributed by atoms with Crippen molar-refractivity contribution in [2.24, 2.45) is 0 Å². The summed E-state index contributed by atoms with van der Waals surface area (Å²) < 4.78 is 6.93. The van der Waals surface area contributed by atoms with Crippen molar-refractivity contribution < 1.29 is 38.9 Å². The summed E-state index contributed by atoms with van der Waals surface area (Å²) in [6, 6.07) is 18.2. The number of phenolic OH excluding ortho intramolecular Hbond substituents is 2. The van der Waals surface area contributed by atoms with E-state index in [1.54, 1.807) is 0 Å². The molecule has 21 heteroatoms. The maximum Gasteiger partial charge on any atom is 0.356 e. The van der Waals surface area contributed by atoms with Gasteiger partial charge in [0.05, 0.1) is 5.69 Å². The Balaban J connectivity index is 1.09. The summed E-state index contributed by atoms with van der Waals surface area (Å²) in [7, 11) is 0. The predicted octanol–water partition coefficient (Wildman–Crippen LogP) is 3.76. The van der Waals surface area contributed by atoms with Gasteiger partial charge < -0.3 is 31.3 Å². The zero-order chi connectivity index (χ0) is 40.9. The number of carbonyl (C=O) groups excluding carboxylic acids is 5. The molecule has 58 heavy (non-hydrogen) atoms. The molecule has 2 aliphatic rings. The first-order chi connectivity index (χ1) is 28.0. The number of fused-ring (bicyclic) bond motifs is 1. The highest BCUT2D eigenvalue weighted by atomic mass is 32.2. The van der Waals surface area contributed by atoms with Crippen molar-refractivity contribution in [3.63, 3.8) is 0 Å². The molecule has 1 fully saturated rings. The van der Waals surface area contributed by atoms with E-state index in [4.69, 9.17) is 10.5 Å². The van der Waals surface area contributed by atoms with Gasteiger partial charge in [0.2, 0.25) is 5.91 Å². The maximum atomic E-state index is 14.4. The number of aromatic nitrogens is 3. The highest BCUT2D eigenvalue weighted by Gasteiger charge is 2.55. The van der Waals surface area contributed by atoms with Crippen LogP contribution in [0.1, 0.15) is 44.3 Å². The number of urea groups is 1.